The molecule has 0 radical (unpaired) electrons. The number of allylic oxidation sites excluding steroid dienone is 2. The van der Waals surface area contributed by atoms with Crippen molar-refractivity contribution in [3.05, 3.63) is 210 Å². The van der Waals surface area contributed by atoms with Crippen molar-refractivity contribution in [2.45, 2.75) is 5.04 Å². The van der Waals surface area contributed by atoms with Crippen molar-refractivity contribution in [1.29, 1.82) is 0 Å². The van der Waals surface area contributed by atoms with Gasteiger partial charge in [-0.2, -0.15) is 0 Å². The Bertz CT molecular complexity index is 1680. The first-order chi connectivity index (χ1) is 20.4. The first-order valence-corrected chi connectivity index (χ1v) is 15.7. The summed E-state index contributed by atoms with van der Waals surface area (Å²) < 4.78 is 0. The molecule has 0 bridgehead atoms. The Morgan fingerprint density at radius 3 is 1.17 bits per heavy atom. The van der Waals surface area contributed by atoms with Gasteiger partial charge in [0.05, 0.1) is 13.4 Å². The summed E-state index contributed by atoms with van der Waals surface area (Å²) in [6, 6.07) is 67.0. The Labute approximate surface area is 244 Å². The minimum absolute atomic E-state index is 0.383. The molecule has 0 N–H and O–H groups in total. The zero-order valence-corrected chi connectivity index (χ0v) is 23.8. The molecule has 0 nitrogen and oxygen atoms in total. The number of hydrogen-bond acceptors (Lipinski definition) is 0. The molecule has 41 heavy (non-hydrogen) atoms. The maximum atomic E-state index is 2.36. The zero-order valence-electron chi connectivity index (χ0n) is 22.8. The van der Waals surface area contributed by atoms with Crippen molar-refractivity contribution < 1.29 is 0 Å². The van der Waals surface area contributed by atoms with E-state index in [1.807, 2.05) is 0 Å². The van der Waals surface area contributed by atoms with E-state index in [1.54, 1.807) is 0 Å². The highest BCUT2D eigenvalue weighted by molar-refractivity contribution is 6.96. The number of rotatable bonds is 6. The predicted molar refractivity (Wildman–Crippen MR) is 176 cm³/mol. The van der Waals surface area contributed by atoms with Gasteiger partial charge in [-0.25, -0.2) is 0 Å². The van der Waals surface area contributed by atoms with Gasteiger partial charge in [0.15, 0.2) is 0 Å². The second-order valence-corrected chi connectivity index (χ2v) is 13.0. The van der Waals surface area contributed by atoms with Crippen LogP contribution in [0.1, 0.15) is 27.8 Å². The average Bonchev–Trinajstić information content (AvgIpc) is 3.40. The molecule has 0 atom stereocenters. The molecule has 0 aromatic heterocycles. The summed E-state index contributed by atoms with van der Waals surface area (Å²) in [5.74, 6) is 0. The van der Waals surface area contributed by atoms with E-state index in [2.05, 4.69) is 182 Å². The van der Waals surface area contributed by atoms with Gasteiger partial charge < -0.3 is 0 Å². The molecule has 1 aliphatic heterocycles. The third kappa shape index (κ3) is 4.27. The van der Waals surface area contributed by atoms with Crippen LogP contribution in [0.3, 0.4) is 0 Å². The van der Waals surface area contributed by atoms with Crippen molar-refractivity contribution in [1.82, 2.24) is 0 Å². The molecule has 1 heteroatoms. The SMILES string of the molecule is c1ccc(C2=C(c3ccccc3)C(c3ccccc3)(c3ccccc3)[Si](c3ccccc3)=C2c2ccccc2)cc1. The van der Waals surface area contributed by atoms with Crippen molar-refractivity contribution >= 4 is 29.9 Å². The Kier molecular flexibility index (Phi) is 6.72. The molecule has 0 spiro atoms. The third-order valence-electron chi connectivity index (χ3n) is 8.16. The normalized spacial score (nSPS) is 14.3. The molecule has 6 aromatic rings. The Hall–Kier alpha value is -4.85. The molecular formula is C40H30Si. The summed E-state index contributed by atoms with van der Waals surface area (Å²) in [5, 5.41) is 2.48. The summed E-state index contributed by atoms with van der Waals surface area (Å²) in [5.41, 5.74) is 9.24. The van der Waals surface area contributed by atoms with Gasteiger partial charge in [-0.3, -0.25) is 0 Å². The van der Waals surface area contributed by atoms with E-state index in [4.69, 9.17) is 0 Å². The minimum atomic E-state index is -1.53. The Balaban J connectivity index is 1.77. The fraction of sp³-hybridized carbons (Fsp3) is 0.0250. The molecule has 0 aliphatic carbocycles. The Morgan fingerprint density at radius 1 is 0.341 bits per heavy atom. The first-order valence-electron chi connectivity index (χ1n) is 14.2. The van der Waals surface area contributed by atoms with Gasteiger partial charge >= 0.3 is 0 Å². The molecule has 0 amide bonds. The monoisotopic (exact) mass is 538 g/mol. The zero-order chi connectivity index (χ0) is 27.5. The van der Waals surface area contributed by atoms with E-state index in [0.29, 0.717) is 0 Å². The lowest BCUT2D eigenvalue weighted by Gasteiger charge is -2.38. The fourth-order valence-electron chi connectivity index (χ4n) is 6.59. The summed E-state index contributed by atoms with van der Waals surface area (Å²) in [6.07, 6.45) is 0. The lowest BCUT2D eigenvalue weighted by atomic mass is 9.76. The van der Waals surface area contributed by atoms with Gasteiger partial charge in [-0.05, 0) is 49.3 Å². The second-order valence-electron chi connectivity index (χ2n) is 10.4. The third-order valence-corrected chi connectivity index (χ3v) is 11.7. The molecule has 194 valence electrons. The maximum Gasteiger partial charge on any atom is 0.0768 e. The van der Waals surface area contributed by atoms with E-state index in [9.17, 15) is 0 Å². The number of hydrogen-bond donors (Lipinski definition) is 0. The summed E-state index contributed by atoms with van der Waals surface area (Å²) >= 11 is 0. The van der Waals surface area contributed by atoms with Crippen LogP contribution in [0.15, 0.2) is 182 Å². The summed E-state index contributed by atoms with van der Waals surface area (Å²) in [6.45, 7) is 0. The molecule has 1 heterocycles. The van der Waals surface area contributed by atoms with E-state index in [1.165, 1.54) is 49.3 Å². The second kappa shape index (κ2) is 11.0. The summed E-state index contributed by atoms with van der Waals surface area (Å²) in [7, 11) is -1.53. The van der Waals surface area contributed by atoms with Crippen molar-refractivity contribution in [2.75, 3.05) is 0 Å². The van der Waals surface area contributed by atoms with Crippen molar-refractivity contribution in [3.8, 4) is 0 Å². The minimum Gasteiger partial charge on any atom is -0.0623 e. The highest BCUT2D eigenvalue weighted by atomic mass is 28.2. The lowest BCUT2D eigenvalue weighted by Crippen LogP contribution is -2.47. The smallest absolute Gasteiger partial charge is 0.0623 e. The fourth-order valence-corrected chi connectivity index (χ4v) is 10.6. The van der Waals surface area contributed by atoms with Gasteiger partial charge in [-0.15, -0.1) is 0 Å². The molecule has 1 aliphatic rings. The van der Waals surface area contributed by atoms with Crippen LogP contribution in [0.5, 0.6) is 0 Å². The first kappa shape index (κ1) is 25.1. The molecule has 0 saturated heterocycles. The van der Waals surface area contributed by atoms with E-state index in [-0.39, 0.29) is 5.04 Å². The van der Waals surface area contributed by atoms with E-state index in [0.717, 1.165) is 0 Å². The van der Waals surface area contributed by atoms with Crippen molar-refractivity contribution in [3.63, 3.8) is 0 Å². The highest BCUT2D eigenvalue weighted by Crippen LogP contribution is 2.53. The maximum absolute atomic E-state index is 2.36. The predicted octanol–water partition coefficient (Wildman–Crippen LogP) is 8.34. The molecular weight excluding hydrogens is 509 g/mol. The van der Waals surface area contributed by atoms with Gasteiger partial charge in [0.1, 0.15) is 0 Å². The standard InChI is InChI=1S/C40H30Si/c1-7-19-31(20-8-1)37-38(32-21-9-2-10-22-32)40(34-25-13-4-14-26-34,35-27-15-5-16-28-35)41(36-29-17-6-18-30-36)39(37)33-23-11-3-12-24-33/h1-30H. The summed E-state index contributed by atoms with van der Waals surface area (Å²) in [4.78, 5) is 0. The van der Waals surface area contributed by atoms with Crippen LogP contribution in [0.2, 0.25) is 0 Å². The van der Waals surface area contributed by atoms with Crippen LogP contribution >= 0.6 is 0 Å². The molecule has 0 unspecified atom stereocenters. The van der Waals surface area contributed by atoms with Gasteiger partial charge in [-0.1, -0.05) is 182 Å². The van der Waals surface area contributed by atoms with Crippen LogP contribution in [0.4, 0.5) is 0 Å². The lowest BCUT2D eigenvalue weighted by molar-refractivity contribution is 0.937. The largest absolute Gasteiger partial charge is 0.0768 e. The topological polar surface area (TPSA) is 0 Å². The van der Waals surface area contributed by atoms with E-state index < -0.39 is 8.41 Å². The van der Waals surface area contributed by atoms with Gasteiger partial charge in [0.2, 0.25) is 0 Å². The van der Waals surface area contributed by atoms with Crippen molar-refractivity contribution in [2.24, 2.45) is 0 Å². The molecule has 7 rings (SSSR count). The quantitative estimate of drug-likeness (QED) is 0.187. The van der Waals surface area contributed by atoms with E-state index >= 15 is 0 Å². The average molecular weight is 539 g/mol. The molecule has 6 aromatic carbocycles. The van der Waals surface area contributed by atoms with Crippen LogP contribution in [0, 0.1) is 0 Å². The van der Waals surface area contributed by atoms with Crippen LogP contribution in [-0.4, -0.2) is 13.6 Å². The Morgan fingerprint density at radius 2 is 0.707 bits per heavy atom. The molecule has 0 saturated carbocycles. The van der Waals surface area contributed by atoms with Crippen LogP contribution in [0.25, 0.3) is 11.1 Å². The van der Waals surface area contributed by atoms with Crippen LogP contribution in [-0.2, 0) is 5.04 Å². The number of benzene rings is 6. The molecule has 0 fully saturated rings. The highest BCUT2D eigenvalue weighted by Gasteiger charge is 2.51. The van der Waals surface area contributed by atoms with Gasteiger partial charge in [0.25, 0.3) is 0 Å². The van der Waals surface area contributed by atoms with Gasteiger partial charge in [0, 0.05) is 0 Å². The van der Waals surface area contributed by atoms with Crippen LogP contribution < -0.4 is 5.19 Å².